The normalized spacial score (nSPS) is 27.6. The summed E-state index contributed by atoms with van der Waals surface area (Å²) in [7, 11) is 1.68. The highest BCUT2D eigenvalue weighted by atomic mass is 16.5. The summed E-state index contributed by atoms with van der Waals surface area (Å²) >= 11 is 0. The molecule has 1 aliphatic rings. The van der Waals surface area contributed by atoms with Crippen LogP contribution in [0.15, 0.2) is 28.4 Å². The van der Waals surface area contributed by atoms with Crippen LogP contribution in [0.1, 0.15) is 33.0 Å². The van der Waals surface area contributed by atoms with Gasteiger partial charge in [-0.3, -0.25) is 4.79 Å². The number of nitriles is 1. The van der Waals surface area contributed by atoms with Gasteiger partial charge in [0.2, 0.25) is 0 Å². The van der Waals surface area contributed by atoms with Crippen molar-refractivity contribution in [1.82, 2.24) is 5.32 Å². The first-order chi connectivity index (χ1) is 9.84. The number of furan rings is 1. The molecule has 0 spiro atoms. The molecule has 5 heteroatoms. The van der Waals surface area contributed by atoms with Gasteiger partial charge in [0, 0.05) is 24.6 Å². The molecule has 2 atom stereocenters. The molecule has 112 valence electrons. The first kappa shape index (κ1) is 15.3. The molecule has 1 amide bonds. The molecule has 0 aromatic carbocycles. The minimum absolute atomic E-state index is 0.0247. The third kappa shape index (κ3) is 2.59. The zero-order valence-corrected chi connectivity index (χ0v) is 12.8. The average molecular weight is 288 g/mol. The van der Waals surface area contributed by atoms with Gasteiger partial charge in [-0.25, -0.2) is 0 Å². The fourth-order valence-corrected chi connectivity index (χ4v) is 2.62. The van der Waals surface area contributed by atoms with E-state index >= 15 is 0 Å². The van der Waals surface area contributed by atoms with Crippen LogP contribution in [0, 0.1) is 16.7 Å². The van der Waals surface area contributed by atoms with Crippen LogP contribution in [0.4, 0.5) is 0 Å². The maximum atomic E-state index is 12.2. The van der Waals surface area contributed by atoms with Crippen molar-refractivity contribution >= 4 is 12.0 Å². The van der Waals surface area contributed by atoms with E-state index in [1.807, 2.05) is 26.8 Å². The number of carbonyl (C=O) groups excluding carboxylic acids is 1. The highest BCUT2D eigenvalue weighted by Gasteiger charge is 2.58. The van der Waals surface area contributed by atoms with E-state index in [1.54, 1.807) is 19.2 Å². The Bertz CT molecular complexity index is 596. The summed E-state index contributed by atoms with van der Waals surface area (Å²) in [4.78, 5) is 12.2. The van der Waals surface area contributed by atoms with Crippen LogP contribution < -0.4 is 5.32 Å². The van der Waals surface area contributed by atoms with Crippen LogP contribution >= 0.6 is 0 Å². The lowest BCUT2D eigenvalue weighted by molar-refractivity contribution is -0.181. The maximum absolute atomic E-state index is 12.2. The minimum atomic E-state index is -0.384. The SMILES string of the molecule is CO[C@]1(C)C[C@@H](NC(=O)/C(C#N)=C/c2ccco2)C1(C)C. The van der Waals surface area contributed by atoms with Gasteiger partial charge in [-0.05, 0) is 25.5 Å². The van der Waals surface area contributed by atoms with Gasteiger partial charge in [-0.1, -0.05) is 13.8 Å². The van der Waals surface area contributed by atoms with Crippen molar-refractivity contribution in [3.8, 4) is 6.07 Å². The molecule has 1 aromatic heterocycles. The first-order valence-electron chi connectivity index (χ1n) is 6.85. The number of rotatable bonds is 4. The predicted molar refractivity (Wildman–Crippen MR) is 78.0 cm³/mol. The standard InChI is InChI=1S/C16H20N2O3/c1-15(2)13(9-16(15,3)20-4)18-14(19)11(10-17)8-12-6-5-7-21-12/h5-8,13H,9H2,1-4H3,(H,18,19)/b11-8+/t13-,16-/m1/s1. The third-order valence-electron chi connectivity index (χ3n) is 4.78. The molecule has 1 heterocycles. The Hall–Kier alpha value is -2.06. The quantitative estimate of drug-likeness (QED) is 0.682. The largest absolute Gasteiger partial charge is 0.465 e. The fourth-order valence-electron chi connectivity index (χ4n) is 2.62. The molecule has 0 bridgehead atoms. The summed E-state index contributed by atoms with van der Waals surface area (Å²) in [6.07, 6.45) is 3.66. The molecule has 0 radical (unpaired) electrons. The van der Waals surface area contributed by atoms with Crippen molar-refractivity contribution in [1.29, 1.82) is 5.26 Å². The Morgan fingerprint density at radius 3 is 2.76 bits per heavy atom. The van der Waals surface area contributed by atoms with E-state index in [4.69, 9.17) is 14.4 Å². The van der Waals surface area contributed by atoms with Gasteiger partial charge in [0.05, 0.1) is 11.9 Å². The molecule has 1 saturated carbocycles. The average Bonchev–Trinajstić information content (AvgIpc) is 2.96. The Morgan fingerprint density at radius 2 is 2.29 bits per heavy atom. The second kappa shape index (κ2) is 5.38. The Balaban J connectivity index is 2.07. The summed E-state index contributed by atoms with van der Waals surface area (Å²) in [5.41, 5.74) is -0.419. The second-order valence-electron chi connectivity index (χ2n) is 6.07. The van der Waals surface area contributed by atoms with E-state index in [9.17, 15) is 4.79 Å². The van der Waals surface area contributed by atoms with Crippen molar-refractivity contribution in [2.45, 2.75) is 38.8 Å². The van der Waals surface area contributed by atoms with Gasteiger partial charge < -0.3 is 14.5 Å². The smallest absolute Gasteiger partial charge is 0.262 e. The number of hydrogen-bond acceptors (Lipinski definition) is 4. The highest BCUT2D eigenvalue weighted by molar-refractivity contribution is 6.01. The van der Waals surface area contributed by atoms with Crippen LogP contribution in [-0.2, 0) is 9.53 Å². The molecule has 0 saturated heterocycles. The van der Waals surface area contributed by atoms with Crippen molar-refractivity contribution < 1.29 is 13.9 Å². The van der Waals surface area contributed by atoms with E-state index in [0.29, 0.717) is 5.76 Å². The second-order valence-corrected chi connectivity index (χ2v) is 6.07. The molecule has 1 fully saturated rings. The molecule has 1 N–H and O–H groups in total. The number of carbonyl (C=O) groups is 1. The van der Waals surface area contributed by atoms with Crippen molar-refractivity contribution in [3.05, 3.63) is 29.7 Å². The molecule has 1 aliphatic carbocycles. The van der Waals surface area contributed by atoms with E-state index in [1.165, 1.54) is 12.3 Å². The molecule has 5 nitrogen and oxygen atoms in total. The van der Waals surface area contributed by atoms with Crippen LogP contribution in [-0.4, -0.2) is 24.7 Å². The summed E-state index contributed by atoms with van der Waals surface area (Å²) in [5, 5.41) is 12.0. The van der Waals surface area contributed by atoms with E-state index in [-0.39, 0.29) is 28.5 Å². The Morgan fingerprint density at radius 1 is 1.57 bits per heavy atom. The lowest BCUT2D eigenvalue weighted by atomic mass is 9.56. The van der Waals surface area contributed by atoms with Gasteiger partial charge in [0.1, 0.15) is 17.4 Å². The highest BCUT2D eigenvalue weighted by Crippen LogP contribution is 2.51. The van der Waals surface area contributed by atoms with Crippen molar-refractivity contribution in [2.24, 2.45) is 5.41 Å². The third-order valence-corrected chi connectivity index (χ3v) is 4.78. The molecular weight excluding hydrogens is 268 g/mol. The lowest BCUT2D eigenvalue weighted by Crippen LogP contribution is -2.68. The number of amides is 1. The summed E-state index contributed by atoms with van der Waals surface area (Å²) in [5.74, 6) is 0.0985. The zero-order chi connectivity index (χ0) is 15.7. The molecule has 0 aliphatic heterocycles. The number of nitrogens with zero attached hydrogens (tertiary/aromatic N) is 1. The van der Waals surface area contributed by atoms with Crippen molar-refractivity contribution in [3.63, 3.8) is 0 Å². The molecule has 1 aromatic rings. The van der Waals surface area contributed by atoms with Gasteiger partial charge in [0.25, 0.3) is 5.91 Å². The summed E-state index contributed by atoms with van der Waals surface area (Å²) < 4.78 is 10.7. The Labute approximate surface area is 124 Å². The van der Waals surface area contributed by atoms with Crippen LogP contribution in [0.5, 0.6) is 0 Å². The number of ether oxygens (including phenoxy) is 1. The predicted octanol–water partition coefficient (Wildman–Crippen LogP) is 2.51. The number of nitrogens with one attached hydrogen (secondary N) is 1. The summed E-state index contributed by atoms with van der Waals surface area (Å²) in [6.45, 7) is 6.13. The number of hydrogen-bond donors (Lipinski definition) is 1. The van der Waals surface area contributed by atoms with Gasteiger partial charge in [-0.2, -0.15) is 5.26 Å². The molecular formula is C16H20N2O3. The fraction of sp³-hybridized carbons (Fsp3) is 0.500. The van der Waals surface area contributed by atoms with Gasteiger partial charge in [-0.15, -0.1) is 0 Å². The van der Waals surface area contributed by atoms with Crippen molar-refractivity contribution in [2.75, 3.05) is 7.11 Å². The van der Waals surface area contributed by atoms with E-state index in [0.717, 1.165) is 6.42 Å². The number of methoxy groups -OCH3 is 1. The lowest BCUT2D eigenvalue weighted by Gasteiger charge is -2.59. The molecule has 21 heavy (non-hydrogen) atoms. The topological polar surface area (TPSA) is 75.3 Å². The van der Waals surface area contributed by atoms with E-state index < -0.39 is 0 Å². The van der Waals surface area contributed by atoms with Crippen LogP contribution in [0.2, 0.25) is 0 Å². The Kier molecular flexibility index (Phi) is 3.93. The molecule has 2 rings (SSSR count). The monoisotopic (exact) mass is 288 g/mol. The van der Waals surface area contributed by atoms with Crippen LogP contribution in [0.25, 0.3) is 6.08 Å². The first-order valence-corrected chi connectivity index (χ1v) is 6.85. The summed E-state index contributed by atoms with van der Waals surface area (Å²) in [6, 6.07) is 5.29. The van der Waals surface area contributed by atoms with Crippen LogP contribution in [0.3, 0.4) is 0 Å². The minimum Gasteiger partial charge on any atom is -0.465 e. The van der Waals surface area contributed by atoms with Gasteiger partial charge in [0.15, 0.2) is 0 Å². The molecule has 0 unspecified atom stereocenters. The zero-order valence-electron chi connectivity index (χ0n) is 12.8. The van der Waals surface area contributed by atoms with E-state index in [2.05, 4.69) is 5.32 Å². The maximum Gasteiger partial charge on any atom is 0.262 e. The van der Waals surface area contributed by atoms with Gasteiger partial charge >= 0.3 is 0 Å².